The van der Waals surface area contributed by atoms with E-state index in [0.29, 0.717) is 5.41 Å². The molecular weight excluding hydrogens is 258 g/mol. The Morgan fingerprint density at radius 1 is 1.26 bits per heavy atom. The van der Waals surface area contributed by atoms with E-state index in [1.165, 1.54) is 38.5 Å². The minimum atomic E-state index is -0.0369. The molecule has 0 N–H and O–H groups in total. The second-order valence-electron chi connectivity index (χ2n) is 7.37. The quantitative estimate of drug-likeness (QED) is 0.788. The summed E-state index contributed by atoms with van der Waals surface area (Å²) in [5, 5.41) is 8.45. The highest BCUT2D eigenvalue weighted by molar-refractivity contribution is 6.20. The number of hydrogen-bond acceptors (Lipinski definition) is 2. The van der Waals surface area contributed by atoms with E-state index in [4.69, 9.17) is 11.6 Å². The third-order valence-corrected chi connectivity index (χ3v) is 5.85. The average Bonchev–Trinajstić information content (AvgIpc) is 2.74. The normalized spacial score (nSPS) is 41.7. The van der Waals surface area contributed by atoms with Crippen molar-refractivity contribution in [2.24, 2.45) is 23.2 Å². The molecule has 4 aliphatic rings. The van der Waals surface area contributed by atoms with Crippen molar-refractivity contribution in [1.29, 1.82) is 0 Å². The molecule has 4 saturated carbocycles. The largest absolute Gasteiger partial charge is 0.252 e. The van der Waals surface area contributed by atoms with Crippen LogP contribution in [0.5, 0.6) is 0 Å². The first kappa shape index (κ1) is 12.2. The number of nitrogens with zero attached hydrogens (tertiary/aromatic N) is 3. The molecular formula is C15H22ClN3. The summed E-state index contributed by atoms with van der Waals surface area (Å²) in [5.41, 5.74) is 1.43. The van der Waals surface area contributed by atoms with Gasteiger partial charge in [-0.05, 0) is 68.6 Å². The Balaban J connectivity index is 1.55. The molecule has 1 atom stereocenters. The summed E-state index contributed by atoms with van der Waals surface area (Å²) in [6.45, 7) is 3.02. The van der Waals surface area contributed by atoms with Gasteiger partial charge in [-0.1, -0.05) is 5.21 Å². The van der Waals surface area contributed by atoms with E-state index in [1.54, 1.807) is 0 Å². The van der Waals surface area contributed by atoms with Crippen molar-refractivity contribution in [3.63, 3.8) is 0 Å². The molecule has 3 nitrogen and oxygen atoms in total. The average molecular weight is 280 g/mol. The Hall–Kier alpha value is -0.570. The number of halogens is 1. The van der Waals surface area contributed by atoms with Crippen molar-refractivity contribution in [3.05, 3.63) is 11.9 Å². The van der Waals surface area contributed by atoms with Gasteiger partial charge < -0.3 is 0 Å². The third-order valence-electron chi connectivity index (χ3n) is 5.63. The minimum Gasteiger partial charge on any atom is -0.252 e. The molecule has 0 amide bonds. The molecule has 0 saturated heterocycles. The molecule has 1 aromatic heterocycles. The molecule has 4 fully saturated rings. The van der Waals surface area contributed by atoms with E-state index in [9.17, 15) is 0 Å². The predicted octanol–water partition coefficient (Wildman–Crippen LogP) is 3.79. The van der Waals surface area contributed by atoms with E-state index < -0.39 is 0 Å². The van der Waals surface area contributed by atoms with E-state index in [2.05, 4.69) is 21.2 Å². The van der Waals surface area contributed by atoms with Gasteiger partial charge >= 0.3 is 0 Å². The first-order valence-electron chi connectivity index (χ1n) is 7.66. The van der Waals surface area contributed by atoms with Gasteiger partial charge in [-0.25, -0.2) is 0 Å². The van der Waals surface area contributed by atoms with E-state index in [-0.39, 0.29) is 5.38 Å². The zero-order valence-corrected chi connectivity index (χ0v) is 12.3. The topological polar surface area (TPSA) is 30.7 Å². The summed E-state index contributed by atoms with van der Waals surface area (Å²) in [7, 11) is 0. The molecule has 1 heterocycles. The molecule has 0 radical (unpaired) electrons. The fourth-order valence-corrected chi connectivity index (χ4v) is 5.50. The van der Waals surface area contributed by atoms with Crippen LogP contribution in [-0.4, -0.2) is 15.0 Å². The van der Waals surface area contributed by atoms with Crippen LogP contribution in [0.25, 0.3) is 0 Å². The van der Waals surface area contributed by atoms with Crippen molar-refractivity contribution < 1.29 is 0 Å². The first-order chi connectivity index (χ1) is 9.12. The van der Waals surface area contributed by atoms with Gasteiger partial charge in [0, 0.05) is 12.7 Å². The Morgan fingerprint density at radius 2 is 1.84 bits per heavy atom. The Labute approximate surface area is 119 Å². The zero-order valence-electron chi connectivity index (χ0n) is 11.6. The highest BCUT2D eigenvalue weighted by Crippen LogP contribution is 2.60. The highest BCUT2D eigenvalue weighted by atomic mass is 35.5. The summed E-state index contributed by atoms with van der Waals surface area (Å²) >= 11 is 6.08. The summed E-state index contributed by atoms with van der Waals surface area (Å²) in [5.74, 6) is 3.00. The van der Waals surface area contributed by atoms with Gasteiger partial charge in [0.2, 0.25) is 0 Å². The number of rotatable bonds is 3. The molecule has 1 aromatic rings. The lowest BCUT2D eigenvalue weighted by atomic mass is 9.49. The molecule has 104 valence electrons. The maximum absolute atomic E-state index is 6.08. The predicted molar refractivity (Wildman–Crippen MR) is 74.9 cm³/mol. The maximum Gasteiger partial charge on any atom is 0.100 e. The molecule has 0 aliphatic heterocycles. The van der Waals surface area contributed by atoms with Gasteiger partial charge in [-0.2, -0.15) is 0 Å². The van der Waals surface area contributed by atoms with E-state index in [1.807, 2.05) is 6.92 Å². The molecule has 19 heavy (non-hydrogen) atoms. The van der Waals surface area contributed by atoms with Crippen LogP contribution in [0.3, 0.4) is 0 Å². The summed E-state index contributed by atoms with van der Waals surface area (Å²) in [4.78, 5) is 0. The summed E-state index contributed by atoms with van der Waals surface area (Å²) in [6, 6.07) is 0. The van der Waals surface area contributed by atoms with Gasteiger partial charge in [0.1, 0.15) is 5.69 Å². The third kappa shape index (κ3) is 2.10. The fraction of sp³-hybridized carbons (Fsp3) is 0.867. The Bertz CT molecular complexity index is 444. The Kier molecular flexibility index (Phi) is 2.70. The lowest BCUT2D eigenvalue weighted by molar-refractivity contribution is -0.0637. The van der Waals surface area contributed by atoms with Crippen molar-refractivity contribution in [3.8, 4) is 0 Å². The monoisotopic (exact) mass is 279 g/mol. The smallest absolute Gasteiger partial charge is 0.100 e. The second-order valence-corrected chi connectivity index (χ2v) is 8.03. The van der Waals surface area contributed by atoms with Crippen LogP contribution in [0.1, 0.15) is 56.5 Å². The van der Waals surface area contributed by atoms with Crippen molar-refractivity contribution in [2.75, 3.05) is 0 Å². The van der Waals surface area contributed by atoms with Gasteiger partial charge in [-0.3, -0.25) is 4.68 Å². The van der Waals surface area contributed by atoms with E-state index in [0.717, 1.165) is 30.0 Å². The maximum atomic E-state index is 6.08. The van der Waals surface area contributed by atoms with Gasteiger partial charge in [0.05, 0.1) is 5.38 Å². The fourth-order valence-electron chi connectivity index (χ4n) is 5.40. The number of alkyl halides is 1. The summed E-state index contributed by atoms with van der Waals surface area (Å²) in [6.07, 6.45) is 10.8. The van der Waals surface area contributed by atoms with Crippen LogP contribution in [-0.2, 0) is 6.54 Å². The second kappa shape index (κ2) is 4.21. The molecule has 5 rings (SSSR count). The van der Waals surface area contributed by atoms with Crippen LogP contribution in [0.2, 0.25) is 0 Å². The molecule has 4 aliphatic carbocycles. The van der Waals surface area contributed by atoms with Crippen molar-refractivity contribution >= 4 is 11.6 Å². The number of hydrogen-bond donors (Lipinski definition) is 0. The molecule has 4 bridgehead atoms. The molecule has 0 aromatic carbocycles. The van der Waals surface area contributed by atoms with Crippen LogP contribution >= 0.6 is 11.6 Å². The van der Waals surface area contributed by atoms with Crippen molar-refractivity contribution in [1.82, 2.24) is 15.0 Å². The standard InChI is InChI=1S/C15H22ClN3/c1-10(16)14-8-19(18-17-14)9-15-5-11-2-12(6-15)4-13(3-11)7-15/h8,10-13H,2-7,9H2,1H3. The van der Waals surface area contributed by atoms with Gasteiger partial charge in [0.25, 0.3) is 0 Å². The molecule has 0 spiro atoms. The lowest BCUT2D eigenvalue weighted by Crippen LogP contribution is -2.48. The zero-order chi connectivity index (χ0) is 13.0. The SMILES string of the molecule is CC(Cl)c1cn(CC23CC4CC(CC(C4)C2)C3)nn1. The lowest BCUT2D eigenvalue weighted by Gasteiger charge is -2.56. The van der Waals surface area contributed by atoms with Crippen LogP contribution < -0.4 is 0 Å². The highest BCUT2D eigenvalue weighted by Gasteiger charge is 2.51. The van der Waals surface area contributed by atoms with E-state index >= 15 is 0 Å². The van der Waals surface area contributed by atoms with Crippen LogP contribution in [0, 0.1) is 23.2 Å². The number of aromatic nitrogens is 3. The Morgan fingerprint density at radius 3 is 2.32 bits per heavy atom. The van der Waals surface area contributed by atoms with Crippen molar-refractivity contribution in [2.45, 2.75) is 57.4 Å². The summed E-state index contributed by atoms with van der Waals surface area (Å²) < 4.78 is 2.06. The first-order valence-corrected chi connectivity index (χ1v) is 8.10. The molecule has 4 heteroatoms. The van der Waals surface area contributed by atoms with Crippen LogP contribution in [0.4, 0.5) is 0 Å². The van der Waals surface area contributed by atoms with Gasteiger partial charge in [-0.15, -0.1) is 16.7 Å². The minimum absolute atomic E-state index is 0.0369. The van der Waals surface area contributed by atoms with Crippen LogP contribution in [0.15, 0.2) is 6.20 Å². The van der Waals surface area contributed by atoms with Gasteiger partial charge in [0.15, 0.2) is 0 Å². The molecule has 1 unspecified atom stereocenters.